The Morgan fingerprint density at radius 2 is 1.81 bits per heavy atom. The van der Waals surface area contributed by atoms with Crippen molar-refractivity contribution >= 4 is 28.4 Å². The van der Waals surface area contributed by atoms with E-state index in [-0.39, 0.29) is 23.5 Å². The van der Waals surface area contributed by atoms with Crippen molar-refractivity contribution in [2.45, 2.75) is 32.5 Å². The lowest BCUT2D eigenvalue weighted by Gasteiger charge is -2.14. The number of hydrogen-bond acceptors (Lipinski definition) is 5. The number of nitriles is 1. The summed E-state index contributed by atoms with van der Waals surface area (Å²) in [6.45, 7) is 3.35. The first-order chi connectivity index (χ1) is 17.5. The maximum atomic E-state index is 14.0. The van der Waals surface area contributed by atoms with Gasteiger partial charge in [0.25, 0.3) is 5.91 Å². The number of benzene rings is 2. The zero-order valence-electron chi connectivity index (χ0n) is 19.8. The highest BCUT2D eigenvalue weighted by Crippen LogP contribution is 2.39. The summed E-state index contributed by atoms with van der Waals surface area (Å²) < 4.78 is 43.3. The molecule has 2 aromatic heterocycles. The Morgan fingerprint density at radius 1 is 1.14 bits per heavy atom. The van der Waals surface area contributed by atoms with Crippen LogP contribution in [0.5, 0.6) is 0 Å². The molecule has 0 radical (unpaired) electrons. The molecule has 8 nitrogen and oxygen atoms in total. The van der Waals surface area contributed by atoms with Crippen molar-refractivity contribution in [1.82, 2.24) is 14.8 Å². The molecular weight excluding hydrogens is 485 g/mol. The minimum atomic E-state index is -4.86. The van der Waals surface area contributed by atoms with Crippen LogP contribution >= 0.6 is 0 Å². The fourth-order valence-electron chi connectivity index (χ4n) is 4.03. The third kappa shape index (κ3) is 5.13. The number of amides is 2. The summed E-state index contributed by atoms with van der Waals surface area (Å²) in [7, 11) is 0. The lowest BCUT2D eigenvalue weighted by Crippen LogP contribution is -2.20. The Morgan fingerprint density at radius 3 is 2.41 bits per heavy atom. The lowest BCUT2D eigenvalue weighted by molar-refractivity contribution is -0.140. The average molecular weight is 506 g/mol. The number of alkyl halides is 3. The zero-order chi connectivity index (χ0) is 26.9. The van der Waals surface area contributed by atoms with Crippen LogP contribution in [0.25, 0.3) is 10.9 Å². The van der Waals surface area contributed by atoms with E-state index in [1.807, 2.05) is 6.07 Å². The zero-order valence-corrected chi connectivity index (χ0v) is 19.8. The van der Waals surface area contributed by atoms with Crippen LogP contribution in [-0.2, 0) is 12.7 Å². The van der Waals surface area contributed by atoms with Crippen molar-refractivity contribution in [2.24, 2.45) is 5.73 Å². The van der Waals surface area contributed by atoms with Gasteiger partial charge >= 0.3 is 6.18 Å². The summed E-state index contributed by atoms with van der Waals surface area (Å²) >= 11 is 0. The van der Waals surface area contributed by atoms with E-state index in [1.54, 1.807) is 62.4 Å². The summed E-state index contributed by atoms with van der Waals surface area (Å²) in [5.74, 6) is -2.21. The molecule has 2 heterocycles. The number of pyridine rings is 1. The molecule has 2 aromatic carbocycles. The van der Waals surface area contributed by atoms with Gasteiger partial charge < -0.3 is 11.1 Å². The quantitative estimate of drug-likeness (QED) is 0.387. The molecule has 4 aromatic rings. The fraction of sp³-hybridized carbons (Fsp3) is 0.192. The molecule has 2 amide bonds. The Bertz CT molecular complexity index is 1550. The molecule has 0 aliphatic rings. The number of halogens is 3. The summed E-state index contributed by atoms with van der Waals surface area (Å²) in [5, 5.41) is 15.5. The normalized spacial score (nSPS) is 11.5. The van der Waals surface area contributed by atoms with Crippen LogP contribution in [0.1, 0.15) is 63.1 Å². The van der Waals surface area contributed by atoms with Crippen molar-refractivity contribution in [1.29, 1.82) is 5.26 Å². The summed E-state index contributed by atoms with van der Waals surface area (Å²) in [6.07, 6.45) is -4.86. The van der Waals surface area contributed by atoms with E-state index in [1.165, 1.54) is 4.68 Å². The van der Waals surface area contributed by atoms with Gasteiger partial charge in [0, 0.05) is 5.39 Å². The van der Waals surface area contributed by atoms with Crippen LogP contribution < -0.4 is 11.1 Å². The van der Waals surface area contributed by atoms with Gasteiger partial charge in [0.05, 0.1) is 40.6 Å². The Hall–Kier alpha value is -4.72. The summed E-state index contributed by atoms with van der Waals surface area (Å²) in [5.41, 5.74) is 4.95. The molecule has 37 heavy (non-hydrogen) atoms. The number of anilines is 1. The van der Waals surface area contributed by atoms with E-state index in [0.717, 1.165) is 6.07 Å². The van der Waals surface area contributed by atoms with Crippen LogP contribution in [0.3, 0.4) is 0 Å². The number of fused-ring (bicyclic) bond motifs is 1. The molecule has 0 aliphatic carbocycles. The second kappa shape index (κ2) is 9.73. The largest absolute Gasteiger partial charge is 0.437 e. The standard InChI is InChI=1S/C26H21F3N6O2/c1-14(2)22-21(23(26(27,28)29)34-35(22)13-16-9-7-15(12-30)8-10-16)33-25(37)20-11-18(24(31)36)17-5-3-4-6-19(17)32-20/h3-11,14H,13H2,1-2H3,(H2,31,36)(H,33,37). The average Bonchev–Trinajstić information content (AvgIpc) is 3.22. The van der Waals surface area contributed by atoms with Crippen LogP contribution in [0, 0.1) is 11.3 Å². The van der Waals surface area contributed by atoms with Gasteiger partial charge in [-0.25, -0.2) is 4.98 Å². The Labute approximate surface area is 209 Å². The van der Waals surface area contributed by atoms with Crippen molar-refractivity contribution < 1.29 is 22.8 Å². The highest BCUT2D eigenvalue weighted by molar-refractivity contribution is 6.10. The number of nitrogens with zero attached hydrogens (tertiary/aromatic N) is 4. The van der Waals surface area contributed by atoms with Crippen LogP contribution in [-0.4, -0.2) is 26.6 Å². The highest BCUT2D eigenvalue weighted by atomic mass is 19.4. The maximum absolute atomic E-state index is 14.0. The van der Waals surface area contributed by atoms with Gasteiger partial charge in [-0.05, 0) is 35.7 Å². The number of nitrogens with two attached hydrogens (primary N) is 1. The smallest absolute Gasteiger partial charge is 0.366 e. The second-order valence-corrected chi connectivity index (χ2v) is 8.62. The number of hydrogen-bond donors (Lipinski definition) is 2. The Kier molecular flexibility index (Phi) is 6.68. The molecule has 0 saturated heterocycles. The molecular formula is C26H21F3N6O2. The number of carbonyl (C=O) groups is 2. The van der Waals surface area contributed by atoms with E-state index in [2.05, 4.69) is 15.4 Å². The number of nitrogens with one attached hydrogen (secondary N) is 1. The van der Waals surface area contributed by atoms with Gasteiger partial charge in [-0.3, -0.25) is 14.3 Å². The van der Waals surface area contributed by atoms with Gasteiger partial charge in [0.2, 0.25) is 5.91 Å². The maximum Gasteiger partial charge on any atom is 0.437 e. The molecule has 0 unspecified atom stereocenters. The summed E-state index contributed by atoms with van der Waals surface area (Å²) in [4.78, 5) is 29.4. The predicted octanol–water partition coefficient (Wildman–Crippen LogP) is 4.84. The fourth-order valence-corrected chi connectivity index (χ4v) is 4.03. The van der Waals surface area contributed by atoms with Crippen molar-refractivity contribution in [2.75, 3.05) is 5.32 Å². The van der Waals surface area contributed by atoms with Gasteiger partial charge in [-0.1, -0.05) is 44.2 Å². The number of carbonyl (C=O) groups excluding carboxylic acids is 2. The molecule has 11 heteroatoms. The second-order valence-electron chi connectivity index (χ2n) is 8.62. The predicted molar refractivity (Wildman–Crippen MR) is 130 cm³/mol. The SMILES string of the molecule is CC(C)c1c(NC(=O)c2cc(C(N)=O)c3ccccc3n2)c(C(F)(F)F)nn1Cc1ccc(C#N)cc1. The first-order valence-corrected chi connectivity index (χ1v) is 11.2. The van der Waals surface area contributed by atoms with Gasteiger partial charge in [0.15, 0.2) is 5.69 Å². The third-order valence-electron chi connectivity index (χ3n) is 5.68. The highest BCUT2D eigenvalue weighted by Gasteiger charge is 2.40. The molecule has 188 valence electrons. The molecule has 0 fully saturated rings. The van der Waals surface area contributed by atoms with E-state index >= 15 is 0 Å². The molecule has 0 bridgehead atoms. The summed E-state index contributed by atoms with van der Waals surface area (Å²) in [6, 6.07) is 16.0. The minimum absolute atomic E-state index is 0.0157. The number of rotatable bonds is 6. The Balaban J connectivity index is 1.79. The van der Waals surface area contributed by atoms with E-state index in [4.69, 9.17) is 11.0 Å². The van der Waals surface area contributed by atoms with Gasteiger partial charge in [0.1, 0.15) is 5.69 Å². The van der Waals surface area contributed by atoms with E-state index < -0.39 is 35.3 Å². The topological polar surface area (TPSA) is 127 Å². The number of aromatic nitrogens is 3. The molecule has 0 aliphatic heterocycles. The first-order valence-electron chi connectivity index (χ1n) is 11.2. The van der Waals surface area contributed by atoms with Gasteiger partial charge in [-0.2, -0.15) is 23.5 Å². The number of para-hydroxylation sites is 1. The van der Waals surface area contributed by atoms with Crippen molar-refractivity contribution in [3.63, 3.8) is 0 Å². The van der Waals surface area contributed by atoms with Crippen molar-refractivity contribution in [3.8, 4) is 6.07 Å². The molecule has 3 N–H and O–H groups in total. The molecule has 0 saturated carbocycles. The molecule has 0 atom stereocenters. The van der Waals surface area contributed by atoms with Crippen LogP contribution in [0.15, 0.2) is 54.6 Å². The number of primary amides is 1. The van der Waals surface area contributed by atoms with Gasteiger partial charge in [-0.15, -0.1) is 0 Å². The van der Waals surface area contributed by atoms with E-state index in [9.17, 15) is 22.8 Å². The first kappa shape index (κ1) is 25.4. The van der Waals surface area contributed by atoms with E-state index in [0.29, 0.717) is 22.0 Å². The third-order valence-corrected chi connectivity index (χ3v) is 5.68. The molecule has 4 rings (SSSR count). The minimum Gasteiger partial charge on any atom is -0.366 e. The monoisotopic (exact) mass is 506 g/mol. The van der Waals surface area contributed by atoms with Crippen LogP contribution in [0.4, 0.5) is 18.9 Å². The lowest BCUT2D eigenvalue weighted by atomic mass is 10.1. The van der Waals surface area contributed by atoms with Crippen molar-refractivity contribution in [3.05, 3.63) is 88.4 Å². The van der Waals surface area contributed by atoms with Crippen LogP contribution in [0.2, 0.25) is 0 Å². The molecule has 0 spiro atoms.